The van der Waals surface area contributed by atoms with E-state index in [2.05, 4.69) is 14.5 Å². The number of pyridine rings is 1. The summed E-state index contributed by atoms with van der Waals surface area (Å²) in [5.74, 6) is 0.417. The first kappa shape index (κ1) is 13.8. The van der Waals surface area contributed by atoms with Gasteiger partial charge in [-0.2, -0.15) is 11.8 Å². The number of rotatable bonds is 5. The third kappa shape index (κ3) is 2.93. The summed E-state index contributed by atoms with van der Waals surface area (Å²) in [6.07, 6.45) is 4.22. The number of aromatic nitrogens is 3. The van der Waals surface area contributed by atoms with E-state index in [1.54, 1.807) is 6.20 Å². The highest BCUT2D eigenvalue weighted by Crippen LogP contribution is 2.30. The number of aliphatic carboxylic acids is 1. The molecule has 1 unspecified atom stereocenters. The number of nitrogens with zero attached hydrogens (tertiary/aromatic N) is 3. The fourth-order valence-corrected chi connectivity index (χ4v) is 4.32. The minimum absolute atomic E-state index is 0.0289. The molecular weight excluding hydrogens is 294 g/mol. The van der Waals surface area contributed by atoms with Crippen LogP contribution in [0.4, 0.5) is 0 Å². The number of imidazole rings is 1. The highest BCUT2D eigenvalue weighted by Gasteiger charge is 2.20. The molecule has 5 nitrogen and oxygen atoms in total. The molecule has 106 valence electrons. The molecule has 2 aromatic rings. The van der Waals surface area contributed by atoms with E-state index in [9.17, 15) is 4.79 Å². The standard InChI is InChI=1S/C13H15N3O2S2/c17-11(18)8-20-13-15-10-4-1-5-14-12(10)16(13)7-9-3-2-6-19-9/h1,4-5,9H,2-3,6-8H2,(H,17,18). The maximum atomic E-state index is 10.8. The van der Waals surface area contributed by atoms with Crippen LogP contribution >= 0.6 is 23.5 Å². The summed E-state index contributed by atoms with van der Waals surface area (Å²) in [5, 5.41) is 10.2. The summed E-state index contributed by atoms with van der Waals surface area (Å²) in [4.78, 5) is 19.7. The quantitative estimate of drug-likeness (QED) is 0.856. The average Bonchev–Trinajstić information content (AvgIpc) is 3.05. The van der Waals surface area contributed by atoms with Gasteiger partial charge in [-0.1, -0.05) is 11.8 Å². The van der Waals surface area contributed by atoms with Crippen molar-refractivity contribution in [1.82, 2.24) is 14.5 Å². The zero-order valence-corrected chi connectivity index (χ0v) is 12.5. The molecule has 1 aliphatic rings. The lowest BCUT2D eigenvalue weighted by Gasteiger charge is -2.12. The van der Waals surface area contributed by atoms with Gasteiger partial charge in [0.25, 0.3) is 0 Å². The molecule has 0 saturated carbocycles. The van der Waals surface area contributed by atoms with Crippen molar-refractivity contribution in [1.29, 1.82) is 0 Å². The Balaban J connectivity index is 1.91. The number of thioether (sulfide) groups is 2. The Morgan fingerprint density at radius 3 is 3.25 bits per heavy atom. The van der Waals surface area contributed by atoms with Crippen molar-refractivity contribution in [3.8, 4) is 0 Å². The third-order valence-electron chi connectivity index (χ3n) is 3.20. The Labute approximate surface area is 125 Å². The van der Waals surface area contributed by atoms with E-state index >= 15 is 0 Å². The van der Waals surface area contributed by atoms with Crippen molar-refractivity contribution < 1.29 is 9.90 Å². The lowest BCUT2D eigenvalue weighted by atomic mass is 10.2. The number of carboxylic acid groups (broad SMARTS) is 1. The van der Waals surface area contributed by atoms with Crippen LogP contribution in [0.3, 0.4) is 0 Å². The van der Waals surface area contributed by atoms with Crippen molar-refractivity contribution >= 4 is 40.7 Å². The molecule has 0 radical (unpaired) electrons. The lowest BCUT2D eigenvalue weighted by molar-refractivity contribution is -0.133. The maximum absolute atomic E-state index is 10.8. The summed E-state index contributed by atoms with van der Waals surface area (Å²) in [7, 11) is 0. The molecule has 1 fully saturated rings. The summed E-state index contributed by atoms with van der Waals surface area (Å²) < 4.78 is 2.08. The molecule has 0 amide bonds. The topological polar surface area (TPSA) is 68.0 Å². The molecule has 3 rings (SSSR count). The van der Waals surface area contributed by atoms with Gasteiger partial charge in [0.1, 0.15) is 5.52 Å². The zero-order chi connectivity index (χ0) is 13.9. The number of fused-ring (bicyclic) bond motifs is 1. The Morgan fingerprint density at radius 2 is 2.50 bits per heavy atom. The van der Waals surface area contributed by atoms with Gasteiger partial charge < -0.3 is 9.67 Å². The zero-order valence-electron chi connectivity index (χ0n) is 10.9. The molecule has 0 aliphatic carbocycles. The molecular formula is C13H15N3O2S2. The van der Waals surface area contributed by atoms with Gasteiger partial charge in [0.15, 0.2) is 10.8 Å². The molecule has 20 heavy (non-hydrogen) atoms. The lowest BCUT2D eigenvalue weighted by Crippen LogP contribution is -2.12. The van der Waals surface area contributed by atoms with E-state index in [-0.39, 0.29) is 5.75 Å². The van der Waals surface area contributed by atoms with Crippen LogP contribution in [0.5, 0.6) is 0 Å². The SMILES string of the molecule is O=C(O)CSc1nc2cccnc2n1CC1CCCS1. The first-order valence-corrected chi connectivity index (χ1v) is 8.55. The average molecular weight is 309 g/mol. The Kier molecular flexibility index (Phi) is 4.16. The third-order valence-corrected chi connectivity index (χ3v) is 5.55. The molecule has 1 aliphatic heterocycles. The van der Waals surface area contributed by atoms with E-state index in [0.717, 1.165) is 22.9 Å². The molecule has 0 bridgehead atoms. The monoisotopic (exact) mass is 309 g/mol. The summed E-state index contributed by atoms with van der Waals surface area (Å²) in [5.41, 5.74) is 1.69. The van der Waals surface area contributed by atoms with E-state index in [1.807, 2.05) is 23.9 Å². The number of hydrogen-bond acceptors (Lipinski definition) is 5. The fourth-order valence-electron chi connectivity index (χ4n) is 2.33. The summed E-state index contributed by atoms with van der Waals surface area (Å²) >= 11 is 3.25. The van der Waals surface area contributed by atoms with Gasteiger partial charge in [0.2, 0.25) is 0 Å². The molecule has 2 aromatic heterocycles. The van der Waals surface area contributed by atoms with Crippen molar-refractivity contribution in [3.63, 3.8) is 0 Å². The first-order valence-electron chi connectivity index (χ1n) is 6.51. The Morgan fingerprint density at radius 1 is 1.60 bits per heavy atom. The molecule has 1 N–H and O–H groups in total. The molecule has 1 atom stereocenters. The minimum atomic E-state index is -0.822. The van der Waals surface area contributed by atoms with E-state index in [4.69, 9.17) is 5.11 Å². The van der Waals surface area contributed by atoms with Gasteiger partial charge in [-0.15, -0.1) is 0 Å². The van der Waals surface area contributed by atoms with E-state index < -0.39 is 5.97 Å². The Hall–Kier alpha value is -1.21. The highest BCUT2D eigenvalue weighted by molar-refractivity contribution is 8.00. The number of carbonyl (C=O) groups is 1. The number of hydrogen-bond donors (Lipinski definition) is 1. The van der Waals surface area contributed by atoms with Crippen molar-refractivity contribution in [2.24, 2.45) is 0 Å². The molecule has 0 aromatic carbocycles. The van der Waals surface area contributed by atoms with Gasteiger partial charge in [-0.05, 0) is 30.7 Å². The summed E-state index contributed by atoms with van der Waals surface area (Å²) in [6.45, 7) is 0.861. The Bertz CT molecular complexity index is 623. The molecule has 3 heterocycles. The molecule has 1 saturated heterocycles. The van der Waals surface area contributed by atoms with Crippen LogP contribution in [0.1, 0.15) is 12.8 Å². The van der Waals surface area contributed by atoms with Gasteiger partial charge >= 0.3 is 5.97 Å². The molecule has 7 heteroatoms. The maximum Gasteiger partial charge on any atom is 0.313 e. The molecule has 0 spiro atoms. The van der Waals surface area contributed by atoms with Crippen molar-refractivity contribution in [2.45, 2.75) is 29.8 Å². The van der Waals surface area contributed by atoms with Crippen LogP contribution in [0.2, 0.25) is 0 Å². The number of carboxylic acids is 1. The van der Waals surface area contributed by atoms with Gasteiger partial charge in [-0.25, -0.2) is 9.97 Å². The van der Waals surface area contributed by atoms with Gasteiger partial charge in [0.05, 0.1) is 5.75 Å². The summed E-state index contributed by atoms with van der Waals surface area (Å²) in [6, 6.07) is 3.78. The largest absolute Gasteiger partial charge is 0.481 e. The minimum Gasteiger partial charge on any atom is -0.481 e. The highest BCUT2D eigenvalue weighted by atomic mass is 32.2. The van der Waals surface area contributed by atoms with Crippen molar-refractivity contribution in [2.75, 3.05) is 11.5 Å². The second-order valence-corrected chi connectivity index (χ2v) is 7.02. The fraction of sp³-hybridized carbons (Fsp3) is 0.462. The van der Waals surface area contributed by atoms with Crippen molar-refractivity contribution in [3.05, 3.63) is 18.3 Å². The van der Waals surface area contributed by atoms with Crippen LogP contribution in [0.25, 0.3) is 11.2 Å². The van der Waals surface area contributed by atoms with Crippen LogP contribution in [-0.2, 0) is 11.3 Å². The van der Waals surface area contributed by atoms with Crippen LogP contribution in [-0.4, -0.2) is 42.4 Å². The normalized spacial score (nSPS) is 18.7. The van der Waals surface area contributed by atoms with Gasteiger partial charge in [0, 0.05) is 18.0 Å². The predicted octanol–water partition coefficient (Wildman–Crippen LogP) is 2.50. The van der Waals surface area contributed by atoms with Crippen LogP contribution in [0, 0.1) is 0 Å². The van der Waals surface area contributed by atoms with E-state index in [0.29, 0.717) is 5.25 Å². The van der Waals surface area contributed by atoms with Crippen LogP contribution < -0.4 is 0 Å². The smallest absolute Gasteiger partial charge is 0.313 e. The van der Waals surface area contributed by atoms with E-state index in [1.165, 1.54) is 30.4 Å². The first-order chi connectivity index (χ1) is 9.74. The second-order valence-electron chi connectivity index (χ2n) is 4.67. The van der Waals surface area contributed by atoms with Crippen LogP contribution in [0.15, 0.2) is 23.5 Å². The van der Waals surface area contributed by atoms with Gasteiger partial charge in [-0.3, -0.25) is 4.79 Å². The predicted molar refractivity (Wildman–Crippen MR) is 81.4 cm³/mol. The second kappa shape index (κ2) is 6.05.